The molecule has 0 aromatic rings. The van der Waals surface area contributed by atoms with Crippen molar-refractivity contribution in [3.05, 3.63) is 0 Å². The van der Waals surface area contributed by atoms with Crippen molar-refractivity contribution < 1.29 is 9.90 Å². The fourth-order valence-corrected chi connectivity index (χ4v) is 2.57. The third-order valence-corrected chi connectivity index (χ3v) is 3.73. The number of nitrogens with two attached hydrogens (primary N) is 1. The van der Waals surface area contributed by atoms with Gasteiger partial charge in [-0.15, -0.1) is 0 Å². The minimum absolute atomic E-state index is 0.155. The molecule has 0 aromatic carbocycles. The lowest BCUT2D eigenvalue weighted by molar-refractivity contribution is -0.132. The van der Waals surface area contributed by atoms with Gasteiger partial charge in [0, 0.05) is 20.0 Å². The zero-order valence-corrected chi connectivity index (χ0v) is 11.1. The molecule has 17 heavy (non-hydrogen) atoms. The molecule has 1 unspecified atom stereocenters. The third-order valence-electron chi connectivity index (χ3n) is 3.73. The van der Waals surface area contributed by atoms with Crippen LogP contribution in [0.5, 0.6) is 0 Å². The van der Waals surface area contributed by atoms with Crippen LogP contribution in [0.25, 0.3) is 0 Å². The molecule has 4 nitrogen and oxygen atoms in total. The lowest BCUT2D eigenvalue weighted by Gasteiger charge is -2.28. The van der Waals surface area contributed by atoms with Crippen LogP contribution >= 0.6 is 0 Å². The van der Waals surface area contributed by atoms with E-state index >= 15 is 0 Å². The van der Waals surface area contributed by atoms with E-state index in [1.165, 1.54) is 0 Å². The highest BCUT2D eigenvalue weighted by atomic mass is 16.3. The zero-order chi connectivity index (χ0) is 12.8. The summed E-state index contributed by atoms with van der Waals surface area (Å²) in [5.74, 6) is 1.33. The Morgan fingerprint density at radius 1 is 1.35 bits per heavy atom. The average Bonchev–Trinajstić information content (AvgIpc) is 2.29. The van der Waals surface area contributed by atoms with Crippen LogP contribution in [-0.2, 0) is 4.79 Å². The molecule has 1 saturated carbocycles. The fraction of sp³-hybridized carbons (Fsp3) is 0.923. The van der Waals surface area contributed by atoms with Crippen LogP contribution < -0.4 is 5.73 Å². The van der Waals surface area contributed by atoms with Gasteiger partial charge in [-0.2, -0.15) is 0 Å². The van der Waals surface area contributed by atoms with Crippen molar-refractivity contribution in [3.8, 4) is 0 Å². The molecule has 0 heterocycles. The topological polar surface area (TPSA) is 66.6 Å². The molecule has 1 fully saturated rings. The van der Waals surface area contributed by atoms with Gasteiger partial charge in [-0.3, -0.25) is 4.79 Å². The van der Waals surface area contributed by atoms with Crippen molar-refractivity contribution >= 4 is 5.91 Å². The lowest BCUT2D eigenvalue weighted by Crippen LogP contribution is -2.34. The Labute approximate surface area is 104 Å². The lowest BCUT2D eigenvalue weighted by atomic mass is 9.80. The highest BCUT2D eigenvalue weighted by Crippen LogP contribution is 2.30. The first-order valence-electron chi connectivity index (χ1n) is 6.65. The molecule has 100 valence electrons. The van der Waals surface area contributed by atoms with Gasteiger partial charge in [0.05, 0.1) is 6.10 Å². The van der Waals surface area contributed by atoms with Crippen molar-refractivity contribution in [1.82, 2.24) is 4.90 Å². The molecule has 0 saturated heterocycles. The SMILES string of the molecule is CC(O)CN(C)C(=O)CC1CCC(CN)CC1. The molecule has 3 N–H and O–H groups in total. The van der Waals surface area contributed by atoms with E-state index in [1.54, 1.807) is 18.9 Å². The molecule has 1 rings (SSSR count). The van der Waals surface area contributed by atoms with Crippen molar-refractivity contribution in [2.24, 2.45) is 17.6 Å². The summed E-state index contributed by atoms with van der Waals surface area (Å²) in [5, 5.41) is 9.24. The quantitative estimate of drug-likeness (QED) is 0.755. The highest BCUT2D eigenvalue weighted by Gasteiger charge is 2.23. The first-order valence-corrected chi connectivity index (χ1v) is 6.65. The maximum absolute atomic E-state index is 11.9. The van der Waals surface area contributed by atoms with E-state index in [1.807, 2.05) is 0 Å². The van der Waals surface area contributed by atoms with E-state index in [0.717, 1.165) is 32.2 Å². The number of hydrogen-bond donors (Lipinski definition) is 2. The summed E-state index contributed by atoms with van der Waals surface area (Å²) in [4.78, 5) is 13.5. The Morgan fingerprint density at radius 2 is 1.88 bits per heavy atom. The number of carbonyl (C=O) groups excluding carboxylic acids is 1. The van der Waals surface area contributed by atoms with E-state index in [4.69, 9.17) is 5.73 Å². The van der Waals surface area contributed by atoms with Crippen molar-refractivity contribution in [3.63, 3.8) is 0 Å². The number of nitrogens with zero attached hydrogens (tertiary/aromatic N) is 1. The monoisotopic (exact) mass is 242 g/mol. The molecular formula is C13H26N2O2. The summed E-state index contributed by atoms with van der Waals surface area (Å²) in [7, 11) is 1.76. The van der Waals surface area contributed by atoms with Gasteiger partial charge < -0.3 is 15.7 Å². The van der Waals surface area contributed by atoms with Crippen molar-refractivity contribution in [2.75, 3.05) is 20.1 Å². The van der Waals surface area contributed by atoms with Crippen LogP contribution in [0.4, 0.5) is 0 Å². The van der Waals surface area contributed by atoms with Gasteiger partial charge >= 0.3 is 0 Å². The molecule has 1 aliphatic carbocycles. The summed E-state index contributed by atoms with van der Waals surface area (Å²) >= 11 is 0. The second-order valence-corrected chi connectivity index (χ2v) is 5.45. The predicted octanol–water partition coefficient (Wildman–Crippen LogP) is 0.981. The Kier molecular flexibility index (Phi) is 5.92. The maximum Gasteiger partial charge on any atom is 0.222 e. The molecule has 4 heteroatoms. The number of amides is 1. The van der Waals surface area contributed by atoms with Crippen LogP contribution in [0, 0.1) is 11.8 Å². The van der Waals surface area contributed by atoms with E-state index in [0.29, 0.717) is 24.8 Å². The Bertz CT molecular complexity index is 236. The van der Waals surface area contributed by atoms with E-state index in [9.17, 15) is 9.90 Å². The molecule has 0 bridgehead atoms. The normalized spacial score (nSPS) is 26.6. The first kappa shape index (κ1) is 14.5. The van der Waals surface area contributed by atoms with Crippen LogP contribution in [0.2, 0.25) is 0 Å². The number of likely N-dealkylation sites (N-methyl/N-ethyl adjacent to an activating group) is 1. The van der Waals surface area contributed by atoms with Crippen molar-refractivity contribution in [1.29, 1.82) is 0 Å². The zero-order valence-electron chi connectivity index (χ0n) is 11.1. The first-order chi connectivity index (χ1) is 8.02. The summed E-state index contributed by atoms with van der Waals surface area (Å²) in [6.07, 6.45) is 4.74. The average molecular weight is 242 g/mol. The summed E-state index contributed by atoms with van der Waals surface area (Å²) in [6.45, 7) is 2.91. The fourth-order valence-electron chi connectivity index (χ4n) is 2.57. The third kappa shape index (κ3) is 5.04. The summed E-state index contributed by atoms with van der Waals surface area (Å²) in [5.41, 5.74) is 5.65. The van der Waals surface area contributed by atoms with Crippen LogP contribution in [0.1, 0.15) is 39.0 Å². The largest absolute Gasteiger partial charge is 0.392 e. The smallest absolute Gasteiger partial charge is 0.222 e. The van der Waals surface area contributed by atoms with Gasteiger partial charge in [-0.1, -0.05) is 0 Å². The van der Waals surface area contributed by atoms with Crippen LogP contribution in [0.3, 0.4) is 0 Å². The maximum atomic E-state index is 11.9. The number of aliphatic hydroxyl groups is 1. The van der Waals surface area contributed by atoms with Gasteiger partial charge in [0.2, 0.25) is 5.91 Å². The van der Waals surface area contributed by atoms with Gasteiger partial charge in [-0.25, -0.2) is 0 Å². The second-order valence-electron chi connectivity index (χ2n) is 5.45. The molecule has 0 radical (unpaired) electrons. The van der Waals surface area contributed by atoms with Crippen LogP contribution in [0.15, 0.2) is 0 Å². The van der Waals surface area contributed by atoms with Gasteiger partial charge in [-0.05, 0) is 51.0 Å². The van der Waals surface area contributed by atoms with Gasteiger partial charge in [0.15, 0.2) is 0 Å². The summed E-state index contributed by atoms with van der Waals surface area (Å²) in [6, 6.07) is 0. The number of hydrogen-bond acceptors (Lipinski definition) is 3. The minimum atomic E-state index is -0.447. The second kappa shape index (κ2) is 6.97. The summed E-state index contributed by atoms with van der Waals surface area (Å²) < 4.78 is 0. The van der Waals surface area contributed by atoms with E-state index in [2.05, 4.69) is 0 Å². The predicted molar refractivity (Wildman–Crippen MR) is 68.4 cm³/mol. The molecule has 1 aliphatic rings. The number of aliphatic hydroxyl groups excluding tert-OH is 1. The molecule has 1 amide bonds. The Balaban J connectivity index is 2.27. The number of carbonyl (C=O) groups is 1. The minimum Gasteiger partial charge on any atom is -0.392 e. The standard InChI is InChI=1S/C13H26N2O2/c1-10(16)9-15(2)13(17)7-11-3-5-12(8-14)6-4-11/h10-12,16H,3-9,14H2,1-2H3. The molecule has 0 aromatic heterocycles. The van der Waals surface area contributed by atoms with E-state index < -0.39 is 6.10 Å². The number of rotatable bonds is 5. The Hall–Kier alpha value is -0.610. The molecular weight excluding hydrogens is 216 g/mol. The van der Waals surface area contributed by atoms with Crippen LogP contribution in [-0.4, -0.2) is 42.2 Å². The van der Waals surface area contributed by atoms with Crippen molar-refractivity contribution in [2.45, 2.75) is 45.1 Å². The Morgan fingerprint density at radius 3 is 2.35 bits per heavy atom. The molecule has 0 spiro atoms. The van der Waals surface area contributed by atoms with Gasteiger partial charge in [0.1, 0.15) is 0 Å². The molecule has 1 atom stereocenters. The van der Waals surface area contributed by atoms with E-state index in [-0.39, 0.29) is 5.91 Å². The van der Waals surface area contributed by atoms with Gasteiger partial charge in [0.25, 0.3) is 0 Å². The molecule has 0 aliphatic heterocycles. The highest BCUT2D eigenvalue weighted by molar-refractivity contribution is 5.76.